The van der Waals surface area contributed by atoms with Crippen molar-refractivity contribution in [2.75, 3.05) is 18.4 Å². The number of rotatable bonds is 5. The predicted octanol–water partition coefficient (Wildman–Crippen LogP) is 4.53. The largest absolute Gasteiger partial charge is 0.317 e. The zero-order valence-corrected chi connectivity index (χ0v) is 19.6. The van der Waals surface area contributed by atoms with Gasteiger partial charge in [-0.3, -0.25) is 14.2 Å². The third kappa shape index (κ3) is 4.46. The maximum atomic E-state index is 11.7. The van der Waals surface area contributed by atoms with Crippen molar-refractivity contribution in [2.45, 2.75) is 32.4 Å². The summed E-state index contributed by atoms with van der Waals surface area (Å²) < 4.78 is 3.81. The summed E-state index contributed by atoms with van der Waals surface area (Å²) in [5.74, 6) is 0.184. The van der Waals surface area contributed by atoms with E-state index in [1.54, 1.807) is 29.1 Å². The van der Waals surface area contributed by atoms with E-state index in [0.29, 0.717) is 34.0 Å². The van der Waals surface area contributed by atoms with Crippen molar-refractivity contribution in [2.24, 2.45) is 0 Å². The van der Waals surface area contributed by atoms with Crippen LogP contribution in [-0.4, -0.2) is 43.5 Å². The minimum Gasteiger partial charge on any atom is -0.317 e. The van der Waals surface area contributed by atoms with E-state index in [9.17, 15) is 4.79 Å². The van der Waals surface area contributed by atoms with E-state index in [0.717, 1.165) is 48.1 Å². The molecule has 2 N–H and O–H groups in total. The first-order valence-electron chi connectivity index (χ1n) is 10.8. The van der Waals surface area contributed by atoms with Crippen LogP contribution in [0.5, 0.6) is 0 Å². The number of fused-ring (bicyclic) bond motifs is 1. The molecule has 1 amide bonds. The number of nitrogens with one attached hydrogen (secondary N) is 2. The molecule has 5 rings (SSSR count). The van der Waals surface area contributed by atoms with Gasteiger partial charge in [0.05, 0.1) is 24.3 Å². The fourth-order valence-corrected chi connectivity index (χ4v) is 4.69. The van der Waals surface area contributed by atoms with E-state index < -0.39 is 0 Å². The van der Waals surface area contributed by atoms with Crippen LogP contribution in [0.3, 0.4) is 0 Å². The molecule has 1 fully saturated rings. The Morgan fingerprint density at radius 2 is 1.94 bits per heavy atom. The number of nitrogens with zero attached hydrogens (tertiary/aromatic N) is 5. The summed E-state index contributed by atoms with van der Waals surface area (Å²) in [7, 11) is 0. The molecule has 8 nitrogen and oxygen atoms in total. The van der Waals surface area contributed by atoms with E-state index in [-0.39, 0.29) is 5.91 Å². The molecule has 4 aromatic rings. The van der Waals surface area contributed by atoms with E-state index in [1.807, 2.05) is 16.9 Å². The number of aromatic nitrogens is 5. The first-order valence-corrected chi connectivity index (χ1v) is 11.6. The van der Waals surface area contributed by atoms with E-state index in [4.69, 9.17) is 23.2 Å². The summed E-state index contributed by atoms with van der Waals surface area (Å²) in [6, 6.07) is 7.80. The molecule has 0 spiro atoms. The first-order chi connectivity index (χ1) is 16.0. The Hall–Kier alpha value is -2.94. The topological polar surface area (TPSA) is 89.7 Å². The van der Waals surface area contributed by atoms with E-state index in [1.165, 1.54) is 6.92 Å². The average Bonchev–Trinajstić information content (AvgIpc) is 3.42. The molecule has 170 valence electrons. The molecular formula is C23H23Cl2N7O. The van der Waals surface area contributed by atoms with Gasteiger partial charge in [-0.15, -0.1) is 0 Å². The van der Waals surface area contributed by atoms with E-state index >= 15 is 0 Å². The summed E-state index contributed by atoms with van der Waals surface area (Å²) >= 11 is 12.8. The van der Waals surface area contributed by atoms with Gasteiger partial charge in [0.25, 0.3) is 0 Å². The van der Waals surface area contributed by atoms with Crippen molar-refractivity contribution in [3.63, 3.8) is 0 Å². The quantitative estimate of drug-likeness (QED) is 0.435. The lowest BCUT2D eigenvalue weighted by Crippen LogP contribution is -2.29. The number of hydrogen-bond donors (Lipinski definition) is 2. The standard InChI is InChI=1S/C23H23Cl2N7O/c1-14(33)29-23-22-21(32(30-23)13-18-19(24)3-2-4-20(18)25)9-15(10-27-22)16-11-28-31(12-16)17-5-7-26-8-6-17/h2-4,9-12,17,26H,5-8,13H2,1H3,(H,29,30,33). The normalized spacial score (nSPS) is 14.6. The number of amides is 1. The predicted molar refractivity (Wildman–Crippen MR) is 130 cm³/mol. The van der Waals surface area contributed by atoms with Gasteiger partial charge in [0.15, 0.2) is 5.82 Å². The highest BCUT2D eigenvalue weighted by molar-refractivity contribution is 6.36. The molecule has 0 bridgehead atoms. The Bertz CT molecular complexity index is 1300. The maximum Gasteiger partial charge on any atom is 0.222 e. The van der Waals surface area contributed by atoms with E-state index in [2.05, 4.69) is 32.0 Å². The molecule has 0 aliphatic carbocycles. The third-order valence-electron chi connectivity index (χ3n) is 5.87. The molecule has 0 saturated carbocycles. The van der Waals surface area contributed by atoms with Crippen molar-refractivity contribution in [1.29, 1.82) is 0 Å². The van der Waals surface area contributed by atoms with Gasteiger partial charge in [0.1, 0.15) is 5.52 Å². The van der Waals surface area contributed by atoms with Crippen molar-refractivity contribution in [3.05, 3.63) is 58.5 Å². The number of hydrogen-bond acceptors (Lipinski definition) is 5. The van der Waals surface area contributed by atoms with Crippen LogP contribution in [0, 0.1) is 0 Å². The molecular weight excluding hydrogens is 461 g/mol. The summed E-state index contributed by atoms with van der Waals surface area (Å²) in [4.78, 5) is 16.4. The second-order valence-electron chi connectivity index (χ2n) is 8.17. The van der Waals surface area contributed by atoms with Gasteiger partial charge in [-0.1, -0.05) is 29.3 Å². The lowest BCUT2D eigenvalue weighted by Gasteiger charge is -2.22. The Kier molecular flexibility index (Phi) is 6.05. The lowest BCUT2D eigenvalue weighted by molar-refractivity contribution is -0.114. The van der Waals surface area contributed by atoms with Crippen LogP contribution in [0.15, 0.2) is 42.9 Å². The zero-order valence-electron chi connectivity index (χ0n) is 18.1. The van der Waals surface area contributed by atoms with Crippen LogP contribution in [0.25, 0.3) is 22.2 Å². The number of halogens is 2. The fourth-order valence-electron chi connectivity index (χ4n) is 4.17. The molecule has 0 atom stereocenters. The van der Waals surface area contributed by atoms with Crippen LogP contribution in [0.4, 0.5) is 5.82 Å². The molecule has 3 aromatic heterocycles. The number of carbonyl (C=O) groups is 1. The molecule has 1 aliphatic heterocycles. The Morgan fingerprint density at radius 3 is 2.67 bits per heavy atom. The molecule has 1 saturated heterocycles. The van der Waals surface area contributed by atoms with Crippen molar-refractivity contribution in [3.8, 4) is 11.1 Å². The summed E-state index contributed by atoms with van der Waals surface area (Å²) in [6.07, 6.45) is 7.84. The van der Waals surface area contributed by atoms with Gasteiger partial charge in [-0.25, -0.2) is 4.98 Å². The van der Waals surface area contributed by atoms with Crippen molar-refractivity contribution < 1.29 is 4.79 Å². The second-order valence-corrected chi connectivity index (χ2v) is 8.98. The highest BCUT2D eigenvalue weighted by Crippen LogP contribution is 2.31. The Labute approximate surface area is 200 Å². The van der Waals surface area contributed by atoms with Gasteiger partial charge in [0.2, 0.25) is 5.91 Å². The minimum absolute atomic E-state index is 0.216. The number of anilines is 1. The summed E-state index contributed by atoms with van der Waals surface area (Å²) in [6.45, 7) is 3.79. The van der Waals surface area contributed by atoms with Gasteiger partial charge in [-0.05, 0) is 44.1 Å². The highest BCUT2D eigenvalue weighted by atomic mass is 35.5. The minimum atomic E-state index is -0.216. The van der Waals surface area contributed by atoms with Crippen molar-refractivity contribution >= 4 is 46.0 Å². The molecule has 10 heteroatoms. The fraction of sp³-hybridized carbons (Fsp3) is 0.304. The second kappa shape index (κ2) is 9.13. The van der Waals surface area contributed by atoms with Gasteiger partial charge in [-0.2, -0.15) is 10.2 Å². The summed E-state index contributed by atoms with van der Waals surface area (Å²) in [5, 5.41) is 16.5. The van der Waals surface area contributed by atoms with Crippen LogP contribution >= 0.6 is 23.2 Å². The van der Waals surface area contributed by atoms with Crippen LogP contribution < -0.4 is 10.6 Å². The molecule has 33 heavy (non-hydrogen) atoms. The van der Waals surface area contributed by atoms with Crippen molar-refractivity contribution in [1.82, 2.24) is 29.9 Å². The van der Waals surface area contributed by atoms with Crippen LogP contribution in [0.1, 0.15) is 31.4 Å². The number of piperidine rings is 1. The molecule has 0 radical (unpaired) electrons. The molecule has 1 aliphatic rings. The Morgan fingerprint density at radius 1 is 1.18 bits per heavy atom. The zero-order chi connectivity index (χ0) is 22.9. The lowest BCUT2D eigenvalue weighted by atomic mass is 10.1. The van der Waals surface area contributed by atoms with Gasteiger partial charge >= 0.3 is 0 Å². The third-order valence-corrected chi connectivity index (χ3v) is 6.58. The smallest absolute Gasteiger partial charge is 0.222 e. The molecule has 4 heterocycles. The number of carbonyl (C=O) groups excluding carboxylic acids is 1. The van der Waals surface area contributed by atoms with Gasteiger partial charge in [0, 0.05) is 46.1 Å². The molecule has 0 unspecified atom stereocenters. The average molecular weight is 484 g/mol. The number of pyridine rings is 1. The SMILES string of the molecule is CC(=O)Nc1nn(Cc2c(Cl)cccc2Cl)c2cc(-c3cnn(C4CCNCC4)c3)cnc12. The Balaban J connectivity index is 1.55. The first kappa shape index (κ1) is 21.9. The highest BCUT2D eigenvalue weighted by Gasteiger charge is 2.19. The number of benzene rings is 1. The van der Waals surface area contributed by atoms with Crippen LogP contribution in [0.2, 0.25) is 10.0 Å². The van der Waals surface area contributed by atoms with Crippen LogP contribution in [-0.2, 0) is 11.3 Å². The maximum absolute atomic E-state index is 11.7. The molecule has 1 aromatic carbocycles. The van der Waals surface area contributed by atoms with Gasteiger partial charge < -0.3 is 10.6 Å². The summed E-state index contributed by atoms with van der Waals surface area (Å²) in [5.41, 5.74) is 4.02. The monoisotopic (exact) mass is 483 g/mol.